The van der Waals surface area contributed by atoms with E-state index in [0.29, 0.717) is 18.9 Å². The number of nitrogens with zero attached hydrogens (tertiary/aromatic N) is 1. The van der Waals surface area contributed by atoms with E-state index in [1.807, 2.05) is 0 Å². The van der Waals surface area contributed by atoms with Crippen molar-refractivity contribution in [1.82, 2.24) is 4.98 Å². The number of anilines is 1. The molecule has 1 atom stereocenters. The van der Waals surface area contributed by atoms with Gasteiger partial charge in [0.15, 0.2) is 26.5 Å². The van der Waals surface area contributed by atoms with E-state index in [1.165, 1.54) is 23.6 Å². The van der Waals surface area contributed by atoms with Crippen LogP contribution in [0.1, 0.15) is 43.0 Å². The number of carboxylic acid groups (broad SMARTS) is 1. The molecule has 2 aromatic carbocycles. The Balaban J connectivity index is 1.66. The van der Waals surface area contributed by atoms with Crippen LogP contribution in [0, 0.1) is 11.6 Å². The van der Waals surface area contributed by atoms with E-state index >= 15 is 0 Å². The predicted octanol–water partition coefficient (Wildman–Crippen LogP) is 5.18. The van der Waals surface area contributed by atoms with Crippen molar-refractivity contribution >= 4 is 49.8 Å². The lowest BCUT2D eigenvalue weighted by Gasteiger charge is -2.20. The highest BCUT2D eigenvalue weighted by Gasteiger charge is 2.33. The van der Waals surface area contributed by atoms with Gasteiger partial charge in [-0.05, 0) is 37.1 Å². The molecule has 1 amide bonds. The number of halogens is 3. The lowest BCUT2D eigenvalue weighted by molar-refractivity contribution is -0.136. The molecule has 0 radical (unpaired) electrons. The van der Waals surface area contributed by atoms with Gasteiger partial charge in [0.1, 0.15) is 5.82 Å². The number of nitrogens with one attached hydrogen (secondary N) is 1. The highest BCUT2D eigenvalue weighted by Crippen LogP contribution is 2.35. The third-order valence-electron chi connectivity index (χ3n) is 5.80. The second-order valence-electron chi connectivity index (χ2n) is 8.42. The van der Waals surface area contributed by atoms with Crippen LogP contribution >= 0.6 is 22.9 Å². The van der Waals surface area contributed by atoms with E-state index in [-0.39, 0.29) is 32.7 Å². The molecular formula is C24H21ClF2N2O6S2. The van der Waals surface area contributed by atoms with Gasteiger partial charge in [-0.2, -0.15) is 0 Å². The Kier molecular flexibility index (Phi) is 8.10. The maximum absolute atomic E-state index is 14.3. The number of carboxylic acids is 1. The number of sulfone groups is 1. The monoisotopic (exact) mass is 570 g/mol. The Bertz CT molecular complexity index is 1440. The van der Waals surface area contributed by atoms with Gasteiger partial charge in [-0.3, -0.25) is 14.9 Å². The van der Waals surface area contributed by atoms with E-state index in [2.05, 4.69) is 10.3 Å². The highest BCUT2D eigenvalue weighted by atomic mass is 35.5. The molecule has 1 saturated carbocycles. The zero-order valence-corrected chi connectivity index (χ0v) is 21.5. The number of benzene rings is 2. The molecular weight excluding hydrogens is 550 g/mol. The number of ether oxygens (including phenoxy) is 1. The molecule has 2 N–H and O–H groups in total. The third-order valence-corrected chi connectivity index (χ3v) is 9.35. The minimum atomic E-state index is -3.69. The summed E-state index contributed by atoms with van der Waals surface area (Å²) in [6, 6.07) is 6.44. The van der Waals surface area contributed by atoms with Crippen LogP contribution < -0.4 is 10.1 Å². The molecule has 13 heteroatoms. The van der Waals surface area contributed by atoms with Crippen molar-refractivity contribution in [1.29, 1.82) is 0 Å². The van der Waals surface area contributed by atoms with E-state index in [1.54, 1.807) is 0 Å². The first-order chi connectivity index (χ1) is 17.5. The molecule has 0 bridgehead atoms. The summed E-state index contributed by atoms with van der Waals surface area (Å²) < 4.78 is 59.4. The summed E-state index contributed by atoms with van der Waals surface area (Å²) in [5, 5.41) is 12.3. The lowest BCUT2D eigenvalue weighted by atomic mass is 10.1. The molecule has 1 fully saturated rings. The third kappa shape index (κ3) is 6.25. The van der Waals surface area contributed by atoms with Crippen molar-refractivity contribution in [2.75, 3.05) is 5.32 Å². The van der Waals surface area contributed by atoms with Crippen LogP contribution in [0.5, 0.6) is 5.75 Å². The second kappa shape index (κ2) is 11.1. The smallest absolute Gasteiger partial charge is 0.309 e. The Labute approximate surface area is 220 Å². The van der Waals surface area contributed by atoms with Crippen LogP contribution in [0.4, 0.5) is 13.9 Å². The number of carbonyl (C=O) groups excluding carboxylic acids is 1. The summed E-state index contributed by atoms with van der Waals surface area (Å²) in [5.41, 5.74) is 0.332. The number of hydrogen-bond donors (Lipinski definition) is 2. The minimum absolute atomic E-state index is 0.0703. The zero-order chi connectivity index (χ0) is 26.7. The van der Waals surface area contributed by atoms with Gasteiger partial charge in [-0.1, -0.05) is 30.5 Å². The predicted molar refractivity (Wildman–Crippen MR) is 133 cm³/mol. The molecule has 8 nitrogen and oxygen atoms in total. The van der Waals surface area contributed by atoms with Gasteiger partial charge in [-0.15, -0.1) is 11.3 Å². The largest absolute Gasteiger partial charge is 0.481 e. The van der Waals surface area contributed by atoms with Crippen LogP contribution in [-0.2, 0) is 25.8 Å². The molecule has 0 aliphatic heterocycles. The maximum Gasteiger partial charge on any atom is 0.309 e. The Morgan fingerprint density at radius 1 is 1.19 bits per heavy atom. The van der Waals surface area contributed by atoms with Gasteiger partial charge in [0, 0.05) is 17.0 Å². The summed E-state index contributed by atoms with van der Waals surface area (Å²) in [6.07, 6.45) is 0.812. The Morgan fingerprint density at radius 2 is 1.92 bits per heavy atom. The Hall–Kier alpha value is -3.09. The fraction of sp³-hybridized carbons (Fsp3) is 0.292. The van der Waals surface area contributed by atoms with Crippen LogP contribution in [0.2, 0.25) is 5.02 Å². The van der Waals surface area contributed by atoms with E-state index < -0.39 is 50.5 Å². The van der Waals surface area contributed by atoms with E-state index in [0.717, 1.165) is 36.3 Å². The molecule has 1 heterocycles. The number of aliphatic carboxylic acids is 1. The molecule has 3 aromatic rings. The first-order valence-corrected chi connectivity index (χ1v) is 14.0. The number of thiazole rings is 1. The van der Waals surface area contributed by atoms with Crippen molar-refractivity contribution in [2.45, 2.75) is 48.4 Å². The van der Waals surface area contributed by atoms with Crippen molar-refractivity contribution in [3.8, 4) is 5.75 Å². The van der Waals surface area contributed by atoms with Crippen molar-refractivity contribution in [3.05, 3.63) is 69.7 Å². The molecule has 37 heavy (non-hydrogen) atoms. The fourth-order valence-electron chi connectivity index (χ4n) is 4.03. The van der Waals surface area contributed by atoms with Gasteiger partial charge < -0.3 is 9.84 Å². The average molecular weight is 571 g/mol. The minimum Gasteiger partial charge on any atom is -0.481 e. The SMILES string of the molecule is O=C(O)Cc1csc(NC(=O)C(Oc2ccc(F)cc2F)c2ccc(S(=O)(=O)C3CCCC3)c(Cl)c2)n1. The summed E-state index contributed by atoms with van der Waals surface area (Å²) in [4.78, 5) is 28.0. The topological polar surface area (TPSA) is 123 Å². The number of carbonyl (C=O) groups is 2. The molecule has 1 unspecified atom stereocenters. The summed E-state index contributed by atoms with van der Waals surface area (Å²) in [7, 11) is -3.69. The second-order valence-corrected chi connectivity index (χ2v) is 11.9. The fourth-order valence-corrected chi connectivity index (χ4v) is 7.16. The zero-order valence-electron chi connectivity index (χ0n) is 19.1. The highest BCUT2D eigenvalue weighted by molar-refractivity contribution is 7.92. The van der Waals surface area contributed by atoms with Crippen molar-refractivity contribution in [3.63, 3.8) is 0 Å². The number of hydrogen-bond acceptors (Lipinski definition) is 7. The van der Waals surface area contributed by atoms with Crippen LogP contribution in [0.3, 0.4) is 0 Å². The van der Waals surface area contributed by atoms with E-state index in [9.17, 15) is 26.8 Å². The van der Waals surface area contributed by atoms with Crippen molar-refractivity contribution in [2.24, 2.45) is 0 Å². The number of amides is 1. The Morgan fingerprint density at radius 3 is 2.57 bits per heavy atom. The molecule has 1 aliphatic carbocycles. The normalized spacial score (nSPS) is 14.9. The molecule has 0 spiro atoms. The first-order valence-electron chi connectivity index (χ1n) is 11.2. The van der Waals surface area contributed by atoms with Crippen LogP contribution in [-0.4, -0.2) is 35.6 Å². The standard InChI is InChI=1S/C24H21ClF2N2O6S2/c25-17-9-13(5-8-20(17)37(33,34)16-3-1-2-4-16)22(35-19-7-6-14(26)10-18(19)27)23(32)29-24-28-15(12-36-24)11-21(30)31/h5-10,12,16,22H,1-4,11H2,(H,30,31)(H,28,29,32). The molecule has 1 aromatic heterocycles. The van der Waals surface area contributed by atoms with Crippen molar-refractivity contribution < 1.29 is 36.6 Å². The van der Waals surface area contributed by atoms with Gasteiger partial charge in [-0.25, -0.2) is 22.2 Å². The quantitative estimate of drug-likeness (QED) is 0.363. The van der Waals surface area contributed by atoms with Gasteiger partial charge in [0.2, 0.25) is 6.10 Å². The van der Waals surface area contributed by atoms with Gasteiger partial charge in [0.05, 0.1) is 27.3 Å². The molecule has 196 valence electrons. The van der Waals surface area contributed by atoms with Crippen LogP contribution in [0.15, 0.2) is 46.7 Å². The molecule has 0 saturated heterocycles. The average Bonchev–Trinajstić information content (AvgIpc) is 3.51. The van der Waals surface area contributed by atoms with Crippen LogP contribution in [0.25, 0.3) is 0 Å². The van der Waals surface area contributed by atoms with Gasteiger partial charge >= 0.3 is 5.97 Å². The number of aromatic nitrogens is 1. The molecule has 1 aliphatic rings. The van der Waals surface area contributed by atoms with E-state index in [4.69, 9.17) is 21.4 Å². The molecule has 4 rings (SSSR count). The summed E-state index contributed by atoms with van der Waals surface area (Å²) in [5.74, 6) is -4.24. The first kappa shape index (κ1) is 27.0. The lowest BCUT2D eigenvalue weighted by Crippen LogP contribution is -2.26. The summed E-state index contributed by atoms with van der Waals surface area (Å²) in [6.45, 7) is 0. The van der Waals surface area contributed by atoms with Gasteiger partial charge in [0.25, 0.3) is 5.91 Å². The number of rotatable bonds is 9. The maximum atomic E-state index is 14.3. The summed E-state index contributed by atoms with van der Waals surface area (Å²) >= 11 is 7.33.